The maximum Gasteiger partial charge on any atom is 0.272 e. The summed E-state index contributed by atoms with van der Waals surface area (Å²) in [6.07, 6.45) is 1.56. The van der Waals surface area contributed by atoms with E-state index in [4.69, 9.17) is 4.74 Å². The average Bonchev–Trinajstić information content (AvgIpc) is 2.33. The summed E-state index contributed by atoms with van der Waals surface area (Å²) in [5, 5.41) is 13.2. The van der Waals surface area contributed by atoms with Crippen LogP contribution in [0.1, 0.15) is 5.56 Å². The number of nitro benzene ring substituents is 1. The normalized spacial score (nSPS) is 9.61. The molecule has 6 heteroatoms. The second-order valence-corrected chi connectivity index (χ2v) is 3.59. The number of carbonyl (C=O) groups excluding carboxylic acids is 1. The zero-order chi connectivity index (χ0) is 13.5. The Labute approximate surface area is 104 Å². The first-order chi connectivity index (χ1) is 8.54. The number of hydrogen-bond acceptors (Lipinski definition) is 4. The molecule has 1 rings (SSSR count). The van der Waals surface area contributed by atoms with Gasteiger partial charge in [-0.2, -0.15) is 0 Å². The number of benzene rings is 1. The van der Waals surface area contributed by atoms with Crippen LogP contribution in [0.4, 0.5) is 5.69 Å². The Morgan fingerprint density at radius 3 is 2.89 bits per heavy atom. The van der Waals surface area contributed by atoms with Crippen LogP contribution < -0.4 is 10.1 Å². The molecular formula is C12H14N2O4. The molecule has 0 fully saturated rings. The second-order valence-electron chi connectivity index (χ2n) is 3.59. The molecule has 96 valence electrons. The van der Waals surface area contributed by atoms with Crippen molar-refractivity contribution in [2.75, 3.05) is 13.2 Å². The van der Waals surface area contributed by atoms with E-state index in [1.54, 1.807) is 13.0 Å². The molecule has 0 aliphatic heterocycles. The van der Waals surface area contributed by atoms with E-state index in [-0.39, 0.29) is 18.2 Å². The van der Waals surface area contributed by atoms with Crippen LogP contribution in [0.3, 0.4) is 0 Å². The smallest absolute Gasteiger partial charge is 0.272 e. The lowest BCUT2D eigenvalue weighted by atomic mass is 10.2. The van der Waals surface area contributed by atoms with Crippen LogP contribution in [0.15, 0.2) is 30.9 Å². The zero-order valence-electron chi connectivity index (χ0n) is 10.0. The Kier molecular flexibility index (Phi) is 4.86. The Balaban J connectivity index is 2.58. The highest BCUT2D eigenvalue weighted by molar-refractivity contribution is 5.77. The molecule has 0 aromatic heterocycles. The number of ether oxygens (including phenoxy) is 1. The van der Waals surface area contributed by atoms with Gasteiger partial charge in [0.05, 0.1) is 4.92 Å². The van der Waals surface area contributed by atoms with Crippen molar-refractivity contribution in [3.63, 3.8) is 0 Å². The maximum absolute atomic E-state index is 11.2. The van der Waals surface area contributed by atoms with E-state index >= 15 is 0 Å². The van der Waals surface area contributed by atoms with E-state index in [1.807, 2.05) is 0 Å². The monoisotopic (exact) mass is 250 g/mol. The summed E-state index contributed by atoms with van der Waals surface area (Å²) in [4.78, 5) is 21.4. The lowest BCUT2D eigenvalue weighted by Gasteiger charge is -2.07. The number of rotatable bonds is 6. The number of nitro groups is 1. The van der Waals surface area contributed by atoms with Gasteiger partial charge in [0.1, 0.15) is 5.75 Å². The van der Waals surface area contributed by atoms with Gasteiger partial charge in [0.15, 0.2) is 6.61 Å². The summed E-state index contributed by atoms with van der Waals surface area (Å²) in [5.74, 6) is 0.151. The predicted octanol–water partition coefficient (Wildman–Crippen LogP) is 1.58. The van der Waals surface area contributed by atoms with Gasteiger partial charge in [0.2, 0.25) is 0 Å². The molecule has 1 aromatic rings. The molecule has 0 radical (unpaired) electrons. The van der Waals surface area contributed by atoms with Crippen molar-refractivity contribution < 1.29 is 14.5 Å². The van der Waals surface area contributed by atoms with E-state index in [2.05, 4.69) is 11.9 Å². The Morgan fingerprint density at radius 2 is 2.33 bits per heavy atom. The van der Waals surface area contributed by atoms with Gasteiger partial charge in [-0.05, 0) is 19.1 Å². The number of nitrogens with zero attached hydrogens (tertiary/aromatic N) is 1. The molecule has 0 saturated heterocycles. The molecule has 1 N–H and O–H groups in total. The highest BCUT2D eigenvalue weighted by Gasteiger charge is 2.11. The van der Waals surface area contributed by atoms with Crippen LogP contribution in [0.5, 0.6) is 5.75 Å². The Bertz CT molecular complexity index is 471. The van der Waals surface area contributed by atoms with Gasteiger partial charge in [0.25, 0.3) is 11.6 Å². The summed E-state index contributed by atoms with van der Waals surface area (Å²) in [6.45, 7) is 5.33. The van der Waals surface area contributed by atoms with Gasteiger partial charge in [0, 0.05) is 18.2 Å². The van der Waals surface area contributed by atoms with Crippen molar-refractivity contribution in [1.29, 1.82) is 0 Å². The van der Waals surface area contributed by atoms with Crippen molar-refractivity contribution in [2.45, 2.75) is 6.92 Å². The van der Waals surface area contributed by atoms with E-state index in [0.29, 0.717) is 17.9 Å². The molecule has 18 heavy (non-hydrogen) atoms. The van der Waals surface area contributed by atoms with Gasteiger partial charge in [-0.3, -0.25) is 14.9 Å². The van der Waals surface area contributed by atoms with E-state index in [1.165, 1.54) is 18.2 Å². The van der Waals surface area contributed by atoms with E-state index < -0.39 is 4.92 Å². The zero-order valence-corrected chi connectivity index (χ0v) is 10.0. The lowest BCUT2D eigenvalue weighted by Crippen LogP contribution is -2.28. The molecule has 6 nitrogen and oxygen atoms in total. The van der Waals surface area contributed by atoms with Gasteiger partial charge >= 0.3 is 0 Å². The first-order valence-corrected chi connectivity index (χ1v) is 5.30. The van der Waals surface area contributed by atoms with Gasteiger partial charge in [-0.25, -0.2) is 0 Å². The SMILES string of the molecule is C=CCNC(=O)COc1ccc([N+](=O)[O-])c(C)c1. The second kappa shape index (κ2) is 6.39. The molecule has 0 spiro atoms. The molecule has 1 aromatic carbocycles. The van der Waals surface area contributed by atoms with Crippen molar-refractivity contribution >= 4 is 11.6 Å². The molecule has 1 amide bonds. The lowest BCUT2D eigenvalue weighted by molar-refractivity contribution is -0.385. The molecule has 0 aliphatic carbocycles. The van der Waals surface area contributed by atoms with E-state index in [9.17, 15) is 14.9 Å². The first kappa shape index (κ1) is 13.7. The molecule has 0 saturated carbocycles. The van der Waals surface area contributed by atoms with Gasteiger partial charge in [-0.15, -0.1) is 6.58 Å². The van der Waals surface area contributed by atoms with Crippen molar-refractivity contribution in [3.05, 3.63) is 46.5 Å². The maximum atomic E-state index is 11.2. The van der Waals surface area contributed by atoms with Crippen LogP contribution in [0.2, 0.25) is 0 Å². The predicted molar refractivity (Wildman–Crippen MR) is 66.5 cm³/mol. The fraction of sp³-hybridized carbons (Fsp3) is 0.250. The molecular weight excluding hydrogens is 236 g/mol. The van der Waals surface area contributed by atoms with Crippen molar-refractivity contribution in [3.8, 4) is 5.75 Å². The highest BCUT2D eigenvalue weighted by atomic mass is 16.6. The largest absolute Gasteiger partial charge is 0.484 e. The topological polar surface area (TPSA) is 81.5 Å². The highest BCUT2D eigenvalue weighted by Crippen LogP contribution is 2.22. The summed E-state index contributed by atoms with van der Waals surface area (Å²) in [7, 11) is 0. The minimum Gasteiger partial charge on any atom is -0.484 e. The van der Waals surface area contributed by atoms with Crippen LogP contribution >= 0.6 is 0 Å². The van der Waals surface area contributed by atoms with Crippen LogP contribution in [-0.4, -0.2) is 24.0 Å². The first-order valence-electron chi connectivity index (χ1n) is 5.30. The fourth-order valence-electron chi connectivity index (χ4n) is 1.31. The quantitative estimate of drug-likeness (QED) is 0.472. The average molecular weight is 250 g/mol. The number of nitrogens with one attached hydrogen (secondary N) is 1. The summed E-state index contributed by atoms with van der Waals surface area (Å²) in [6, 6.07) is 4.34. The van der Waals surface area contributed by atoms with E-state index in [0.717, 1.165) is 0 Å². The summed E-state index contributed by atoms with van der Waals surface area (Å²) in [5.41, 5.74) is 0.516. The molecule has 0 atom stereocenters. The van der Waals surface area contributed by atoms with Crippen LogP contribution in [0, 0.1) is 17.0 Å². The van der Waals surface area contributed by atoms with Crippen molar-refractivity contribution in [2.24, 2.45) is 0 Å². The standard InChI is InChI=1S/C12H14N2O4/c1-3-6-13-12(15)8-18-10-4-5-11(14(16)17)9(2)7-10/h3-5,7H,1,6,8H2,2H3,(H,13,15). The third-order valence-electron chi connectivity index (χ3n) is 2.18. The third kappa shape index (κ3) is 3.89. The number of amides is 1. The van der Waals surface area contributed by atoms with Gasteiger partial charge < -0.3 is 10.1 Å². The molecule has 0 aliphatic rings. The summed E-state index contributed by atoms with van der Waals surface area (Å²) < 4.78 is 5.21. The fourth-order valence-corrected chi connectivity index (χ4v) is 1.31. The minimum atomic E-state index is -0.462. The Morgan fingerprint density at radius 1 is 1.61 bits per heavy atom. The number of carbonyl (C=O) groups is 1. The molecule has 0 bridgehead atoms. The third-order valence-corrected chi connectivity index (χ3v) is 2.18. The van der Waals surface area contributed by atoms with Crippen LogP contribution in [-0.2, 0) is 4.79 Å². The summed E-state index contributed by atoms with van der Waals surface area (Å²) >= 11 is 0. The Hall–Kier alpha value is -2.37. The molecule has 0 heterocycles. The van der Waals surface area contributed by atoms with Crippen molar-refractivity contribution in [1.82, 2.24) is 5.32 Å². The van der Waals surface area contributed by atoms with Gasteiger partial charge in [-0.1, -0.05) is 6.08 Å². The minimum absolute atomic E-state index is 0.0264. The molecule has 0 unspecified atom stereocenters. The van der Waals surface area contributed by atoms with Crippen LogP contribution in [0.25, 0.3) is 0 Å². The number of hydrogen-bond donors (Lipinski definition) is 1. The number of aryl methyl sites for hydroxylation is 1.